The summed E-state index contributed by atoms with van der Waals surface area (Å²) in [4.78, 5) is 33.8. The summed E-state index contributed by atoms with van der Waals surface area (Å²) in [6, 6.07) is 9.56. The van der Waals surface area contributed by atoms with Gasteiger partial charge in [-0.3, -0.25) is 14.5 Å². The van der Waals surface area contributed by atoms with Gasteiger partial charge in [0.15, 0.2) is 0 Å². The van der Waals surface area contributed by atoms with Crippen molar-refractivity contribution in [2.45, 2.75) is 82.4 Å². The van der Waals surface area contributed by atoms with Gasteiger partial charge in [-0.05, 0) is 88.8 Å². The monoisotopic (exact) mass is 651 g/mol. The molecule has 0 aromatic heterocycles. The predicted octanol–water partition coefficient (Wildman–Crippen LogP) is 6.22. The first-order valence-corrected chi connectivity index (χ1v) is 15.6. The molecule has 44 heavy (non-hydrogen) atoms. The lowest BCUT2D eigenvalue weighted by atomic mass is 9.70. The van der Waals surface area contributed by atoms with Crippen molar-refractivity contribution in [3.63, 3.8) is 0 Å². The van der Waals surface area contributed by atoms with Crippen LogP contribution < -0.4 is 0 Å². The zero-order valence-corrected chi connectivity index (χ0v) is 28.3. The largest absolute Gasteiger partial charge is 0.369 e. The molecule has 3 atom stereocenters. The summed E-state index contributed by atoms with van der Waals surface area (Å²) in [6.45, 7) is 11.9. The summed E-state index contributed by atoms with van der Waals surface area (Å²) in [7, 11) is 3.39. The number of piperidine rings is 1. The normalized spacial score (nSPS) is 23.4. The number of benzene rings is 2. The minimum atomic E-state index is -0.967. The molecule has 1 spiro atoms. The number of hydrogen-bond acceptors (Lipinski definition) is 4. The number of carbonyl (C=O) groups is 2. The molecular weight excluding hydrogens is 607 g/mol. The lowest BCUT2D eigenvalue weighted by molar-refractivity contribution is -0.154. The Morgan fingerprint density at radius 1 is 1.02 bits per heavy atom. The van der Waals surface area contributed by atoms with Crippen LogP contribution in [0.1, 0.15) is 70.1 Å². The van der Waals surface area contributed by atoms with Crippen molar-refractivity contribution >= 4 is 35.8 Å². The second-order valence-corrected chi connectivity index (χ2v) is 14.5. The summed E-state index contributed by atoms with van der Waals surface area (Å²) in [5.74, 6) is -2.12. The van der Waals surface area contributed by atoms with Crippen LogP contribution >= 0.6 is 24.0 Å². The van der Waals surface area contributed by atoms with Crippen molar-refractivity contribution < 1.29 is 23.1 Å². The smallest absolute Gasteiger partial charge is 0.254 e. The number of nitrogens with zero attached hydrogens (tertiary/aromatic N) is 3. The number of ether oxygens (including phenoxy) is 1. The maximum Gasteiger partial charge on any atom is 0.254 e. The Bertz CT molecular complexity index is 1400. The van der Waals surface area contributed by atoms with E-state index in [1.165, 1.54) is 17.7 Å². The van der Waals surface area contributed by atoms with Crippen molar-refractivity contribution in [3.8, 4) is 0 Å². The Kier molecular flexibility index (Phi) is 9.83. The van der Waals surface area contributed by atoms with Crippen molar-refractivity contribution in [1.82, 2.24) is 14.7 Å². The minimum Gasteiger partial charge on any atom is -0.369 e. The van der Waals surface area contributed by atoms with E-state index in [1.807, 2.05) is 29.0 Å². The van der Waals surface area contributed by atoms with Gasteiger partial charge < -0.3 is 14.5 Å². The van der Waals surface area contributed by atoms with E-state index in [-0.39, 0.29) is 47.1 Å². The molecule has 0 radical (unpaired) electrons. The van der Waals surface area contributed by atoms with Crippen LogP contribution in [0.15, 0.2) is 36.4 Å². The highest BCUT2D eigenvalue weighted by molar-refractivity contribution is 6.30. The Labute approximate surface area is 271 Å². The number of fused-ring (bicyclic) bond motifs is 2. The van der Waals surface area contributed by atoms with E-state index in [1.54, 1.807) is 21.0 Å². The van der Waals surface area contributed by atoms with Crippen LogP contribution in [0.3, 0.4) is 0 Å². The Hall–Kier alpha value is -2.26. The summed E-state index contributed by atoms with van der Waals surface area (Å²) in [5, 5.41) is 0.664. The number of carbonyl (C=O) groups excluding carboxylic acids is 2. The summed E-state index contributed by atoms with van der Waals surface area (Å²) in [6.07, 6.45) is 2.06. The van der Waals surface area contributed by atoms with Crippen molar-refractivity contribution in [1.29, 1.82) is 0 Å². The molecule has 2 aromatic carbocycles. The number of halogens is 4. The number of amides is 2. The van der Waals surface area contributed by atoms with E-state index in [0.29, 0.717) is 56.0 Å². The molecule has 0 N–H and O–H groups in total. The van der Waals surface area contributed by atoms with Gasteiger partial charge in [0.05, 0.1) is 5.92 Å². The quantitative estimate of drug-likeness (QED) is 0.385. The maximum absolute atomic E-state index is 15.0. The molecule has 2 fully saturated rings. The molecule has 2 aliphatic heterocycles. The Balaban J connectivity index is 0.00000442. The Morgan fingerprint density at radius 2 is 1.68 bits per heavy atom. The molecule has 3 aliphatic rings. The van der Waals surface area contributed by atoms with E-state index >= 15 is 4.39 Å². The molecule has 2 amide bonds. The summed E-state index contributed by atoms with van der Waals surface area (Å²) < 4.78 is 34.3. The first-order chi connectivity index (χ1) is 20.1. The number of methoxy groups -OCH3 is 1. The van der Waals surface area contributed by atoms with Crippen molar-refractivity contribution in [2.24, 2.45) is 5.92 Å². The first-order valence-electron chi connectivity index (χ1n) is 15.2. The van der Waals surface area contributed by atoms with Crippen LogP contribution in [0, 0.1) is 17.6 Å². The second-order valence-electron chi connectivity index (χ2n) is 14.1. The second kappa shape index (κ2) is 12.5. The van der Waals surface area contributed by atoms with Gasteiger partial charge in [-0.25, -0.2) is 8.78 Å². The molecule has 2 heterocycles. The highest BCUT2D eigenvalue weighted by Crippen LogP contribution is 2.50. The van der Waals surface area contributed by atoms with Crippen LogP contribution in [0.4, 0.5) is 8.78 Å². The molecule has 242 valence electrons. The van der Waals surface area contributed by atoms with E-state index < -0.39 is 23.2 Å². The van der Waals surface area contributed by atoms with Gasteiger partial charge in [0.1, 0.15) is 17.2 Å². The molecule has 2 saturated heterocycles. The molecule has 0 bridgehead atoms. The van der Waals surface area contributed by atoms with Gasteiger partial charge in [0.25, 0.3) is 5.91 Å². The van der Waals surface area contributed by atoms with Gasteiger partial charge in [-0.15, -0.1) is 12.4 Å². The fourth-order valence-electron chi connectivity index (χ4n) is 7.64. The van der Waals surface area contributed by atoms with Gasteiger partial charge in [0.2, 0.25) is 5.91 Å². The van der Waals surface area contributed by atoms with E-state index in [4.69, 9.17) is 16.3 Å². The van der Waals surface area contributed by atoms with Gasteiger partial charge in [0, 0.05) is 74.3 Å². The molecule has 10 heteroatoms. The fraction of sp³-hybridized carbons (Fsp3) is 0.588. The third-order valence-electron chi connectivity index (χ3n) is 10.4. The van der Waals surface area contributed by atoms with Gasteiger partial charge in [-0.1, -0.05) is 23.7 Å². The average molecular weight is 653 g/mol. The zero-order valence-electron chi connectivity index (χ0n) is 26.8. The van der Waals surface area contributed by atoms with Gasteiger partial charge in [-0.2, -0.15) is 0 Å². The van der Waals surface area contributed by atoms with Crippen LogP contribution in [0.2, 0.25) is 5.02 Å². The zero-order chi connectivity index (χ0) is 31.5. The van der Waals surface area contributed by atoms with E-state index in [2.05, 4.69) is 31.7 Å². The highest BCUT2D eigenvalue weighted by Gasteiger charge is 2.53. The number of likely N-dealkylation sites (tertiary alicyclic amines) is 2. The minimum absolute atomic E-state index is 0. The molecule has 0 saturated carbocycles. The Morgan fingerprint density at radius 3 is 2.27 bits per heavy atom. The predicted molar refractivity (Wildman–Crippen MR) is 171 cm³/mol. The van der Waals surface area contributed by atoms with E-state index in [9.17, 15) is 14.0 Å². The van der Waals surface area contributed by atoms with Crippen molar-refractivity contribution in [3.05, 3.63) is 69.7 Å². The number of hydrogen-bond donors (Lipinski definition) is 0. The van der Waals surface area contributed by atoms with Crippen LogP contribution in [-0.2, 0) is 26.2 Å². The highest BCUT2D eigenvalue weighted by atomic mass is 35.5. The van der Waals surface area contributed by atoms with Crippen LogP contribution in [0.25, 0.3) is 0 Å². The average Bonchev–Trinajstić information content (AvgIpc) is 3.52. The molecule has 2 aromatic rings. The molecule has 6 nitrogen and oxygen atoms in total. The summed E-state index contributed by atoms with van der Waals surface area (Å²) in [5.41, 5.74) is 1.21. The number of likely N-dealkylation sites (N-methyl/N-ethyl adjacent to an activating group) is 1. The van der Waals surface area contributed by atoms with Crippen molar-refractivity contribution in [2.75, 3.05) is 40.3 Å². The molecular formula is C34H45Cl2F2N3O3. The van der Waals surface area contributed by atoms with E-state index in [0.717, 1.165) is 11.6 Å². The fourth-order valence-corrected chi connectivity index (χ4v) is 7.84. The lowest BCUT2D eigenvalue weighted by Gasteiger charge is -2.48. The standard InChI is InChI=1S/C34H44ClF2N3O3.ClH/c1-32(2,3)40-19-25(24-10-9-23(36)18-28(24)37)26(20-40)30(41)39-14-12-34(13-15-39)27-11-8-22(35)16-21(27)17-29(34)38(6)31(42)33(4,5)43-7;/h8-11,16,18,25-26,29H,12-15,17,19-20H2,1-7H3;1H/t25-,26?,29+;/m0./s1. The molecule has 1 unspecified atom stereocenters. The third kappa shape index (κ3) is 6.12. The topological polar surface area (TPSA) is 53.1 Å². The van der Waals surface area contributed by atoms with Gasteiger partial charge >= 0.3 is 0 Å². The molecule has 1 aliphatic carbocycles. The SMILES string of the molecule is COC(C)(C)C(=O)N(C)[C@@H]1Cc2cc(Cl)ccc2C12CCN(C(=O)C1CN(C(C)(C)C)C[C@H]1c1ccc(F)cc1F)CC2.Cl. The third-order valence-corrected chi connectivity index (χ3v) is 10.6. The van der Waals surface area contributed by atoms with Crippen LogP contribution in [0.5, 0.6) is 0 Å². The molecule has 5 rings (SSSR count). The van der Waals surface area contributed by atoms with Crippen LogP contribution in [-0.4, -0.2) is 84.0 Å². The number of rotatable bonds is 5. The lowest BCUT2D eigenvalue weighted by Crippen LogP contribution is -2.58. The summed E-state index contributed by atoms with van der Waals surface area (Å²) >= 11 is 6.40. The first kappa shape index (κ1) is 34.6. The maximum atomic E-state index is 15.0.